The molecule has 4 N–H and O–H groups in total. The Morgan fingerprint density at radius 2 is 2.25 bits per heavy atom. The van der Waals surface area contributed by atoms with Crippen LogP contribution in [0.3, 0.4) is 0 Å². The summed E-state index contributed by atoms with van der Waals surface area (Å²) in [6, 6.07) is 5.96. The molecule has 0 saturated carbocycles. The maximum atomic E-state index is 12.6. The zero-order valence-electron chi connectivity index (χ0n) is 10.9. The zero-order valence-corrected chi connectivity index (χ0v) is 13.3. The van der Waals surface area contributed by atoms with Crippen molar-refractivity contribution in [2.24, 2.45) is 5.73 Å². The molecule has 20 heavy (non-hydrogen) atoms. The average molecular weight is 354 g/mol. The molecule has 1 aromatic heterocycles. The predicted molar refractivity (Wildman–Crippen MR) is 87.1 cm³/mol. The third-order valence-electron chi connectivity index (χ3n) is 3.64. The molecule has 1 amide bonds. The number of nitrogen functional groups attached to an aromatic ring is 1. The normalized spacial score (nSPS) is 19.5. The van der Waals surface area contributed by atoms with Crippen LogP contribution in [0, 0.1) is 0 Å². The van der Waals surface area contributed by atoms with Crippen LogP contribution in [-0.2, 0) is 0 Å². The third-order valence-corrected chi connectivity index (χ3v) is 5.46. The van der Waals surface area contributed by atoms with Gasteiger partial charge in [0, 0.05) is 33.7 Å². The second-order valence-electron chi connectivity index (χ2n) is 5.11. The Morgan fingerprint density at radius 3 is 2.95 bits per heavy atom. The summed E-state index contributed by atoms with van der Waals surface area (Å²) in [5.41, 5.74) is 12.7. The first-order valence-corrected chi connectivity index (χ1v) is 8.20. The van der Waals surface area contributed by atoms with Crippen molar-refractivity contribution < 1.29 is 4.79 Å². The lowest BCUT2D eigenvalue weighted by molar-refractivity contribution is 0.0715. The van der Waals surface area contributed by atoms with E-state index in [1.807, 2.05) is 23.1 Å². The number of rotatable bonds is 1. The number of carbonyl (C=O) groups excluding carboxylic acids is 1. The highest BCUT2D eigenvalue weighted by molar-refractivity contribution is 9.10. The minimum atomic E-state index is 0.00532. The van der Waals surface area contributed by atoms with Crippen LogP contribution in [0.5, 0.6) is 0 Å². The Kier molecular flexibility index (Phi) is 3.70. The molecule has 0 aliphatic carbocycles. The van der Waals surface area contributed by atoms with Crippen LogP contribution in [0.1, 0.15) is 22.5 Å². The van der Waals surface area contributed by atoms with E-state index in [0.29, 0.717) is 17.1 Å². The van der Waals surface area contributed by atoms with Crippen molar-refractivity contribution in [2.75, 3.05) is 18.8 Å². The van der Waals surface area contributed by atoms with Gasteiger partial charge in [0.2, 0.25) is 0 Å². The summed E-state index contributed by atoms with van der Waals surface area (Å²) in [5.74, 6) is 0.00532. The highest BCUT2D eigenvalue weighted by atomic mass is 79.9. The summed E-state index contributed by atoms with van der Waals surface area (Å²) in [4.78, 5) is 15.1. The summed E-state index contributed by atoms with van der Waals surface area (Å²) in [5, 5.41) is 0.933. The number of amides is 1. The lowest BCUT2D eigenvalue weighted by Crippen LogP contribution is -2.45. The van der Waals surface area contributed by atoms with Crippen molar-refractivity contribution in [1.29, 1.82) is 0 Å². The van der Waals surface area contributed by atoms with Crippen molar-refractivity contribution in [3.05, 3.63) is 27.5 Å². The van der Waals surface area contributed by atoms with Crippen LogP contribution in [0.2, 0.25) is 0 Å². The molecule has 3 rings (SSSR count). The number of piperidine rings is 1. The largest absolute Gasteiger partial charge is 0.397 e. The molecule has 1 aromatic carbocycles. The number of halogens is 1. The van der Waals surface area contributed by atoms with Gasteiger partial charge in [-0.3, -0.25) is 4.79 Å². The fourth-order valence-electron chi connectivity index (χ4n) is 2.63. The van der Waals surface area contributed by atoms with Crippen molar-refractivity contribution in [3.8, 4) is 0 Å². The lowest BCUT2D eigenvalue weighted by Gasteiger charge is -2.30. The van der Waals surface area contributed by atoms with Crippen LogP contribution >= 0.6 is 27.3 Å². The molecule has 1 fully saturated rings. The molecule has 1 saturated heterocycles. The fraction of sp³-hybridized carbons (Fsp3) is 0.357. The van der Waals surface area contributed by atoms with Crippen molar-refractivity contribution >= 4 is 48.9 Å². The average Bonchev–Trinajstić information content (AvgIpc) is 2.76. The van der Waals surface area contributed by atoms with E-state index in [9.17, 15) is 4.79 Å². The quantitative estimate of drug-likeness (QED) is 0.827. The molecule has 1 aliphatic heterocycles. The number of benzene rings is 1. The third kappa shape index (κ3) is 2.32. The van der Waals surface area contributed by atoms with Crippen LogP contribution in [0.25, 0.3) is 10.1 Å². The number of thiophene rings is 1. The van der Waals surface area contributed by atoms with E-state index in [1.54, 1.807) is 0 Å². The summed E-state index contributed by atoms with van der Waals surface area (Å²) in [6.45, 7) is 1.38. The first-order valence-electron chi connectivity index (χ1n) is 6.59. The van der Waals surface area contributed by atoms with Crippen LogP contribution in [0.15, 0.2) is 22.7 Å². The van der Waals surface area contributed by atoms with E-state index in [-0.39, 0.29) is 11.9 Å². The van der Waals surface area contributed by atoms with E-state index in [2.05, 4.69) is 15.9 Å². The van der Waals surface area contributed by atoms with Crippen molar-refractivity contribution in [2.45, 2.75) is 18.9 Å². The number of hydrogen-bond donors (Lipinski definition) is 2. The molecule has 4 nitrogen and oxygen atoms in total. The summed E-state index contributed by atoms with van der Waals surface area (Å²) >= 11 is 4.95. The van der Waals surface area contributed by atoms with Gasteiger partial charge in [0.25, 0.3) is 5.91 Å². The minimum Gasteiger partial charge on any atom is -0.397 e. The summed E-state index contributed by atoms with van der Waals surface area (Å²) < 4.78 is 1.96. The molecule has 2 heterocycles. The first-order chi connectivity index (χ1) is 9.58. The molecule has 0 radical (unpaired) electrons. The van der Waals surface area contributed by atoms with Gasteiger partial charge < -0.3 is 16.4 Å². The van der Waals surface area contributed by atoms with Gasteiger partial charge in [0.05, 0.1) is 5.69 Å². The monoisotopic (exact) mass is 353 g/mol. The summed E-state index contributed by atoms with van der Waals surface area (Å²) in [6.07, 6.45) is 1.94. The molecular weight excluding hydrogens is 338 g/mol. The number of fused-ring (bicyclic) bond motifs is 1. The van der Waals surface area contributed by atoms with E-state index in [0.717, 1.165) is 33.9 Å². The Bertz CT molecular complexity index is 670. The van der Waals surface area contributed by atoms with Gasteiger partial charge in [-0.15, -0.1) is 11.3 Å². The number of carbonyl (C=O) groups is 1. The standard InChI is InChI=1S/C14H16BrN3OS/c15-9-4-1-5-10-11(9)12(17)13(20-10)14(19)18-6-2-3-8(16)7-18/h1,4-5,8H,2-3,6-7,16-17H2. The molecule has 6 heteroatoms. The molecular formula is C14H16BrN3OS. The summed E-state index contributed by atoms with van der Waals surface area (Å²) in [7, 11) is 0. The predicted octanol–water partition coefficient (Wildman–Crippen LogP) is 2.81. The molecule has 106 valence electrons. The molecule has 1 atom stereocenters. The van der Waals surface area contributed by atoms with Gasteiger partial charge in [-0.05, 0) is 25.0 Å². The number of anilines is 1. The molecule has 2 aromatic rings. The van der Waals surface area contributed by atoms with Crippen LogP contribution in [0.4, 0.5) is 5.69 Å². The van der Waals surface area contributed by atoms with Crippen molar-refractivity contribution in [1.82, 2.24) is 4.90 Å². The molecule has 1 aliphatic rings. The Morgan fingerprint density at radius 1 is 1.45 bits per heavy atom. The van der Waals surface area contributed by atoms with Gasteiger partial charge in [-0.1, -0.05) is 22.0 Å². The fourth-order valence-corrected chi connectivity index (χ4v) is 4.45. The Labute approximate surface area is 129 Å². The van der Waals surface area contributed by atoms with Crippen LogP contribution < -0.4 is 11.5 Å². The van der Waals surface area contributed by atoms with Gasteiger partial charge >= 0.3 is 0 Å². The SMILES string of the molecule is Nc1c(C(=O)N2CCCC(N)C2)sc2cccc(Br)c12. The van der Waals surface area contributed by atoms with Gasteiger partial charge in [-0.25, -0.2) is 0 Å². The highest BCUT2D eigenvalue weighted by Crippen LogP contribution is 2.38. The lowest BCUT2D eigenvalue weighted by atomic mass is 10.1. The molecule has 1 unspecified atom stereocenters. The highest BCUT2D eigenvalue weighted by Gasteiger charge is 2.26. The van der Waals surface area contributed by atoms with Gasteiger partial charge in [0.1, 0.15) is 4.88 Å². The number of likely N-dealkylation sites (tertiary alicyclic amines) is 1. The van der Waals surface area contributed by atoms with E-state index in [4.69, 9.17) is 11.5 Å². The minimum absolute atomic E-state index is 0.00532. The maximum Gasteiger partial charge on any atom is 0.266 e. The van der Waals surface area contributed by atoms with E-state index >= 15 is 0 Å². The number of nitrogens with two attached hydrogens (primary N) is 2. The second kappa shape index (κ2) is 5.35. The van der Waals surface area contributed by atoms with Gasteiger partial charge in [0.15, 0.2) is 0 Å². The molecule has 0 spiro atoms. The number of hydrogen-bond acceptors (Lipinski definition) is 4. The van der Waals surface area contributed by atoms with Gasteiger partial charge in [-0.2, -0.15) is 0 Å². The second-order valence-corrected chi connectivity index (χ2v) is 7.02. The first kappa shape index (κ1) is 13.9. The van der Waals surface area contributed by atoms with Crippen LogP contribution in [-0.4, -0.2) is 29.9 Å². The Hall–Kier alpha value is -1.11. The van der Waals surface area contributed by atoms with E-state index in [1.165, 1.54) is 11.3 Å². The van der Waals surface area contributed by atoms with Crippen molar-refractivity contribution in [3.63, 3.8) is 0 Å². The van der Waals surface area contributed by atoms with E-state index < -0.39 is 0 Å². The maximum absolute atomic E-state index is 12.6. The number of nitrogens with zero attached hydrogens (tertiary/aromatic N) is 1. The topological polar surface area (TPSA) is 72.4 Å². The zero-order chi connectivity index (χ0) is 14.3. The Balaban J connectivity index is 1.99. The smallest absolute Gasteiger partial charge is 0.266 e. The molecule has 0 bridgehead atoms.